The molecule has 0 saturated carbocycles. The second-order valence-corrected chi connectivity index (χ2v) is 2.21. The molecule has 0 saturated heterocycles. The third kappa shape index (κ3) is 3.00. The first-order valence-corrected chi connectivity index (χ1v) is 3.65. The molecule has 3 heteroatoms. The predicted octanol–water partition coefficient (Wildman–Crippen LogP) is 1.30. The average molecular weight is 152 g/mol. The van der Waals surface area contributed by atoms with Crippen LogP contribution in [0.5, 0.6) is 0 Å². The Morgan fingerprint density at radius 3 is 3.27 bits per heavy atom. The zero-order valence-electron chi connectivity index (χ0n) is 6.58. The first kappa shape index (κ1) is 8.01. The molecule has 0 aliphatic carbocycles. The fraction of sp³-hybridized carbons (Fsp3) is 0.375. The zero-order chi connectivity index (χ0) is 7.94. The van der Waals surface area contributed by atoms with Crippen LogP contribution in [0.15, 0.2) is 22.9 Å². The smallest absolute Gasteiger partial charge is 0.159 e. The van der Waals surface area contributed by atoms with Crippen molar-refractivity contribution in [3.8, 4) is 0 Å². The zero-order valence-corrected chi connectivity index (χ0v) is 6.58. The van der Waals surface area contributed by atoms with Crippen LogP contribution in [0.2, 0.25) is 0 Å². The molecule has 1 aromatic heterocycles. The van der Waals surface area contributed by atoms with Gasteiger partial charge in [0.2, 0.25) is 0 Å². The largest absolute Gasteiger partial charge is 0.357 e. The summed E-state index contributed by atoms with van der Waals surface area (Å²) >= 11 is 0. The molecule has 0 aliphatic heterocycles. The molecule has 1 heterocycles. The molecule has 3 nitrogen and oxygen atoms in total. The summed E-state index contributed by atoms with van der Waals surface area (Å²) < 4.78 is 4.86. The molecule has 1 N–H and O–H groups in total. The van der Waals surface area contributed by atoms with E-state index in [1.54, 1.807) is 6.20 Å². The minimum Gasteiger partial charge on any atom is -0.357 e. The fourth-order valence-electron chi connectivity index (χ4n) is 0.739. The van der Waals surface area contributed by atoms with Crippen molar-refractivity contribution in [3.05, 3.63) is 24.1 Å². The van der Waals surface area contributed by atoms with Crippen LogP contribution in [0, 0.1) is 0 Å². The van der Waals surface area contributed by atoms with E-state index in [4.69, 9.17) is 4.52 Å². The van der Waals surface area contributed by atoms with Gasteiger partial charge in [0.25, 0.3) is 0 Å². The molecule has 0 amide bonds. The van der Waals surface area contributed by atoms with E-state index in [1.165, 1.54) is 0 Å². The summed E-state index contributed by atoms with van der Waals surface area (Å²) in [6.45, 7) is 0.991. The Morgan fingerprint density at radius 2 is 2.64 bits per heavy atom. The van der Waals surface area contributed by atoms with Gasteiger partial charge in [-0.15, -0.1) is 0 Å². The van der Waals surface area contributed by atoms with Crippen LogP contribution >= 0.6 is 0 Å². The van der Waals surface area contributed by atoms with E-state index in [0.717, 1.165) is 18.7 Å². The van der Waals surface area contributed by atoms with Gasteiger partial charge in [-0.1, -0.05) is 11.2 Å². The summed E-state index contributed by atoms with van der Waals surface area (Å²) in [7, 11) is 1.93. The van der Waals surface area contributed by atoms with Crippen molar-refractivity contribution in [1.29, 1.82) is 0 Å². The third-order valence-electron chi connectivity index (χ3n) is 1.30. The Morgan fingerprint density at radius 1 is 1.73 bits per heavy atom. The SMILES string of the molecule is CNCCC=Cc1ccno1. The van der Waals surface area contributed by atoms with Crippen molar-refractivity contribution in [2.75, 3.05) is 13.6 Å². The van der Waals surface area contributed by atoms with Crippen molar-refractivity contribution in [3.63, 3.8) is 0 Å². The van der Waals surface area contributed by atoms with E-state index in [9.17, 15) is 0 Å². The van der Waals surface area contributed by atoms with Gasteiger partial charge >= 0.3 is 0 Å². The number of nitrogens with one attached hydrogen (secondary N) is 1. The van der Waals surface area contributed by atoms with Crippen LogP contribution < -0.4 is 5.32 Å². The third-order valence-corrected chi connectivity index (χ3v) is 1.30. The second-order valence-electron chi connectivity index (χ2n) is 2.21. The lowest BCUT2D eigenvalue weighted by Gasteiger charge is -1.89. The van der Waals surface area contributed by atoms with Crippen LogP contribution in [0.4, 0.5) is 0 Å². The number of hydrogen-bond donors (Lipinski definition) is 1. The first-order valence-electron chi connectivity index (χ1n) is 3.65. The average Bonchev–Trinajstić information content (AvgIpc) is 2.50. The number of aromatic nitrogens is 1. The first-order chi connectivity index (χ1) is 5.43. The fourth-order valence-corrected chi connectivity index (χ4v) is 0.739. The molecule has 0 radical (unpaired) electrons. The van der Waals surface area contributed by atoms with Crippen LogP contribution in [0.25, 0.3) is 6.08 Å². The summed E-state index contributed by atoms with van der Waals surface area (Å²) in [5.41, 5.74) is 0. The standard InChI is InChI=1S/C8H12N2O/c1-9-6-3-2-4-8-5-7-10-11-8/h2,4-5,7,9H,3,6H2,1H3. The number of nitrogens with zero attached hydrogens (tertiary/aromatic N) is 1. The van der Waals surface area contributed by atoms with Gasteiger partial charge in [-0.2, -0.15) is 0 Å². The Kier molecular flexibility index (Phi) is 3.41. The molecule has 0 unspecified atom stereocenters. The van der Waals surface area contributed by atoms with Crippen LogP contribution in [0.1, 0.15) is 12.2 Å². The highest BCUT2D eigenvalue weighted by atomic mass is 16.5. The van der Waals surface area contributed by atoms with Crippen LogP contribution in [0.3, 0.4) is 0 Å². The Bertz CT molecular complexity index is 204. The minimum atomic E-state index is 0.807. The monoisotopic (exact) mass is 152 g/mol. The van der Waals surface area contributed by atoms with E-state index in [0.29, 0.717) is 0 Å². The normalized spacial score (nSPS) is 11.0. The van der Waals surface area contributed by atoms with Gasteiger partial charge in [0.15, 0.2) is 5.76 Å². The van der Waals surface area contributed by atoms with E-state index in [1.807, 2.05) is 19.2 Å². The summed E-state index contributed by atoms with van der Waals surface area (Å²) in [6.07, 6.45) is 6.62. The van der Waals surface area contributed by atoms with Crippen LogP contribution in [-0.4, -0.2) is 18.7 Å². The molecule has 1 rings (SSSR count). The quantitative estimate of drug-likeness (QED) is 0.661. The molecule has 60 valence electrons. The summed E-state index contributed by atoms with van der Waals surface area (Å²) in [6, 6.07) is 1.83. The van der Waals surface area contributed by atoms with Crippen LogP contribution in [-0.2, 0) is 0 Å². The molecule has 0 aliphatic rings. The van der Waals surface area contributed by atoms with Gasteiger partial charge in [0.1, 0.15) is 0 Å². The predicted molar refractivity (Wildman–Crippen MR) is 44.1 cm³/mol. The van der Waals surface area contributed by atoms with Gasteiger partial charge in [-0.05, 0) is 26.1 Å². The molecule has 0 fully saturated rings. The maximum atomic E-state index is 4.86. The molecular weight excluding hydrogens is 140 g/mol. The number of rotatable bonds is 4. The van der Waals surface area contributed by atoms with Crippen molar-refractivity contribution < 1.29 is 4.52 Å². The van der Waals surface area contributed by atoms with Gasteiger partial charge in [0, 0.05) is 6.07 Å². The molecule has 1 aromatic rings. The molecule has 0 aromatic carbocycles. The van der Waals surface area contributed by atoms with E-state index in [-0.39, 0.29) is 0 Å². The molecule has 0 atom stereocenters. The van der Waals surface area contributed by atoms with Gasteiger partial charge in [0.05, 0.1) is 6.20 Å². The molecular formula is C8H12N2O. The lowest BCUT2D eigenvalue weighted by Crippen LogP contribution is -2.05. The van der Waals surface area contributed by atoms with Crippen molar-refractivity contribution >= 4 is 6.08 Å². The van der Waals surface area contributed by atoms with Crippen molar-refractivity contribution in [2.24, 2.45) is 0 Å². The number of hydrogen-bond acceptors (Lipinski definition) is 3. The van der Waals surface area contributed by atoms with Gasteiger partial charge < -0.3 is 9.84 Å². The van der Waals surface area contributed by atoms with E-state index < -0.39 is 0 Å². The maximum Gasteiger partial charge on any atom is 0.159 e. The van der Waals surface area contributed by atoms with Gasteiger partial charge in [-0.3, -0.25) is 0 Å². The van der Waals surface area contributed by atoms with Crippen molar-refractivity contribution in [1.82, 2.24) is 10.5 Å². The van der Waals surface area contributed by atoms with Gasteiger partial charge in [-0.25, -0.2) is 0 Å². The summed E-state index contributed by atoms with van der Waals surface area (Å²) in [5.74, 6) is 0.807. The van der Waals surface area contributed by atoms with Crippen molar-refractivity contribution in [2.45, 2.75) is 6.42 Å². The lowest BCUT2D eigenvalue weighted by atomic mass is 10.3. The highest BCUT2D eigenvalue weighted by molar-refractivity contribution is 5.40. The Hall–Kier alpha value is -1.09. The lowest BCUT2D eigenvalue weighted by molar-refractivity contribution is 0.412. The molecule has 11 heavy (non-hydrogen) atoms. The summed E-state index contributed by atoms with van der Waals surface area (Å²) in [5, 5.41) is 6.63. The highest BCUT2D eigenvalue weighted by Gasteiger charge is 1.86. The molecule has 0 spiro atoms. The Labute approximate surface area is 66.1 Å². The van der Waals surface area contributed by atoms with E-state index in [2.05, 4.69) is 16.5 Å². The highest BCUT2D eigenvalue weighted by Crippen LogP contribution is 1.99. The maximum absolute atomic E-state index is 4.86. The summed E-state index contributed by atoms with van der Waals surface area (Å²) in [4.78, 5) is 0. The molecule has 0 bridgehead atoms. The topological polar surface area (TPSA) is 38.1 Å². The minimum absolute atomic E-state index is 0.807. The Balaban J connectivity index is 2.25. The second kappa shape index (κ2) is 4.68. The van der Waals surface area contributed by atoms with E-state index >= 15 is 0 Å².